The first-order valence-corrected chi connectivity index (χ1v) is 13.9. The van der Waals surface area contributed by atoms with Crippen molar-refractivity contribution in [3.8, 4) is 5.75 Å². The fraction of sp³-hybridized carbons (Fsp3) is 0.440. The van der Waals surface area contributed by atoms with Crippen LogP contribution < -0.4 is 10.2 Å². The van der Waals surface area contributed by atoms with E-state index in [4.69, 9.17) is 9.15 Å². The second kappa shape index (κ2) is 12.1. The summed E-state index contributed by atoms with van der Waals surface area (Å²) >= 11 is 3.27. The largest absolute Gasteiger partial charge is 0.487 e. The minimum Gasteiger partial charge on any atom is -0.487 e. The average Bonchev–Trinajstić information content (AvgIpc) is 2.88. The molecule has 0 bridgehead atoms. The van der Waals surface area contributed by atoms with Crippen LogP contribution in [-0.2, 0) is 12.1 Å². The van der Waals surface area contributed by atoms with Gasteiger partial charge in [-0.1, -0.05) is 6.07 Å². The number of nitrogens with zero attached hydrogens (tertiary/aromatic N) is 2. The topological polar surface area (TPSA) is 96.0 Å². The second-order valence-corrected chi connectivity index (χ2v) is 10.9. The number of pyridine rings is 1. The van der Waals surface area contributed by atoms with Crippen LogP contribution in [-0.4, -0.2) is 57.1 Å². The number of alkyl halides is 3. The van der Waals surface area contributed by atoms with E-state index in [2.05, 4.69) is 4.98 Å². The first kappa shape index (κ1) is 27.8. The smallest absolute Gasteiger partial charge is 0.416 e. The van der Waals surface area contributed by atoms with E-state index >= 15 is 0 Å². The third kappa shape index (κ3) is 6.99. The van der Waals surface area contributed by atoms with Gasteiger partial charge in [-0.3, -0.25) is 9.78 Å². The summed E-state index contributed by atoms with van der Waals surface area (Å²) in [6.07, 6.45) is 0.561. The number of ether oxygens (including phenoxy) is 1. The number of aliphatic hydroxyl groups is 2. The van der Waals surface area contributed by atoms with Crippen LogP contribution >= 0.6 is 23.5 Å². The molecular weight excluding hydrogens is 529 g/mol. The first-order chi connectivity index (χ1) is 17.7. The van der Waals surface area contributed by atoms with Crippen LogP contribution in [0.5, 0.6) is 5.75 Å². The van der Waals surface area contributed by atoms with E-state index in [1.54, 1.807) is 29.6 Å². The van der Waals surface area contributed by atoms with E-state index < -0.39 is 23.1 Å². The number of hydrogen-bond acceptors (Lipinski definition) is 9. The highest BCUT2D eigenvalue weighted by molar-refractivity contribution is 7.99. The Hall–Kier alpha value is -2.25. The molecule has 4 rings (SSSR count). The van der Waals surface area contributed by atoms with E-state index in [1.807, 2.05) is 0 Å². The molecule has 1 aromatic carbocycles. The van der Waals surface area contributed by atoms with Crippen molar-refractivity contribution in [2.45, 2.75) is 36.2 Å². The van der Waals surface area contributed by atoms with Gasteiger partial charge < -0.3 is 19.4 Å². The van der Waals surface area contributed by atoms with Gasteiger partial charge in [0.25, 0.3) is 5.91 Å². The molecular formula is C25H27F3N2O5S2. The molecule has 0 unspecified atom stereocenters. The molecule has 0 radical (unpaired) electrons. The van der Waals surface area contributed by atoms with E-state index in [0.29, 0.717) is 37.0 Å². The van der Waals surface area contributed by atoms with Gasteiger partial charge in [0.15, 0.2) is 5.76 Å². The van der Waals surface area contributed by atoms with Gasteiger partial charge in [0.2, 0.25) is 11.2 Å². The summed E-state index contributed by atoms with van der Waals surface area (Å²) in [4.78, 5) is 18.8. The average molecular weight is 557 g/mol. The maximum atomic E-state index is 12.9. The molecule has 1 aliphatic heterocycles. The first-order valence-electron chi connectivity index (χ1n) is 11.8. The van der Waals surface area contributed by atoms with Gasteiger partial charge in [0.05, 0.1) is 17.7 Å². The number of aromatic nitrogens is 1. The highest BCUT2D eigenvalue weighted by Gasteiger charge is 2.38. The zero-order chi connectivity index (χ0) is 26.5. The van der Waals surface area contributed by atoms with Crippen LogP contribution in [0.2, 0.25) is 0 Å². The van der Waals surface area contributed by atoms with Crippen molar-refractivity contribution < 1.29 is 32.5 Å². The summed E-state index contributed by atoms with van der Waals surface area (Å²) in [5, 5.41) is 21.6. The van der Waals surface area contributed by atoms with Crippen molar-refractivity contribution in [1.82, 2.24) is 9.88 Å². The summed E-state index contributed by atoms with van der Waals surface area (Å²) in [7, 11) is 0. The van der Waals surface area contributed by atoms with E-state index in [1.165, 1.54) is 17.2 Å². The monoisotopic (exact) mass is 556 g/mol. The van der Waals surface area contributed by atoms with Crippen LogP contribution in [0.25, 0.3) is 10.9 Å². The molecule has 2 N–H and O–H groups in total. The van der Waals surface area contributed by atoms with Crippen molar-refractivity contribution >= 4 is 34.4 Å². The Kier molecular flexibility index (Phi) is 9.07. The Morgan fingerprint density at radius 3 is 2.62 bits per heavy atom. The summed E-state index contributed by atoms with van der Waals surface area (Å²) in [6.45, 7) is 1.22. The van der Waals surface area contributed by atoms with E-state index in [-0.39, 0.29) is 11.5 Å². The number of unbranched alkanes of at least 4 members (excludes halogenated alkanes) is 2. The van der Waals surface area contributed by atoms with E-state index in [0.717, 1.165) is 59.5 Å². The Bertz CT molecular complexity index is 1260. The number of halogens is 3. The fourth-order valence-electron chi connectivity index (χ4n) is 3.88. The van der Waals surface area contributed by atoms with Crippen LogP contribution in [0, 0.1) is 0 Å². The summed E-state index contributed by atoms with van der Waals surface area (Å²) < 4.78 is 49.7. The molecule has 7 nitrogen and oxygen atoms in total. The van der Waals surface area contributed by atoms with Gasteiger partial charge in [-0.2, -0.15) is 24.9 Å². The third-order valence-electron chi connectivity index (χ3n) is 5.91. The Morgan fingerprint density at radius 1 is 1.11 bits per heavy atom. The lowest BCUT2D eigenvalue weighted by Gasteiger charge is -2.36. The second-order valence-electron chi connectivity index (χ2n) is 8.50. The zero-order valence-electron chi connectivity index (χ0n) is 19.9. The number of hydrogen-bond donors (Lipinski definition) is 2. The fourth-order valence-corrected chi connectivity index (χ4v) is 5.84. The van der Waals surface area contributed by atoms with Gasteiger partial charge in [-0.15, -0.1) is 11.8 Å². The molecule has 0 atom stereocenters. The summed E-state index contributed by atoms with van der Waals surface area (Å²) in [5.74, 6) is -0.307. The SMILES string of the molecule is O=c1cc(C(O)(O)N2CCSCC2)occ1OCCCCCSc1ccnc2cc(C(F)(F)F)ccc12. The van der Waals surface area contributed by atoms with Crippen molar-refractivity contribution in [3.05, 3.63) is 64.3 Å². The standard InChI is InChI=1S/C25H27F3N2O5S2/c26-24(27,28)17-4-5-18-19(14-17)29-7-6-22(18)37-11-3-1-2-10-34-21-16-35-23(15-20(21)31)25(32,33)30-8-12-36-13-9-30/h4-7,14-16,32-33H,1-3,8-13H2. The number of benzene rings is 1. The zero-order valence-corrected chi connectivity index (χ0v) is 21.5. The molecule has 12 heteroatoms. The Balaban J connectivity index is 1.22. The lowest BCUT2D eigenvalue weighted by atomic mass is 10.1. The quantitative estimate of drug-likeness (QED) is 0.209. The molecule has 3 heterocycles. The van der Waals surface area contributed by atoms with Crippen molar-refractivity contribution in [2.75, 3.05) is 37.0 Å². The molecule has 1 fully saturated rings. The van der Waals surface area contributed by atoms with Gasteiger partial charge in [0, 0.05) is 47.1 Å². The molecule has 0 spiro atoms. The highest BCUT2D eigenvalue weighted by atomic mass is 32.2. The number of thioether (sulfide) groups is 2. The molecule has 1 saturated heterocycles. The van der Waals surface area contributed by atoms with Crippen LogP contribution in [0.1, 0.15) is 30.6 Å². The third-order valence-corrected chi connectivity index (χ3v) is 8.02. The lowest BCUT2D eigenvalue weighted by molar-refractivity contribution is -0.283. The minimum absolute atomic E-state index is 0.00426. The van der Waals surface area contributed by atoms with Gasteiger partial charge >= 0.3 is 6.18 Å². The molecule has 0 amide bonds. The molecule has 1 aliphatic rings. The van der Waals surface area contributed by atoms with Crippen molar-refractivity contribution in [3.63, 3.8) is 0 Å². The van der Waals surface area contributed by atoms with Gasteiger partial charge in [-0.25, -0.2) is 4.90 Å². The number of fused-ring (bicyclic) bond motifs is 1. The molecule has 2 aromatic heterocycles. The molecule has 0 saturated carbocycles. The predicted molar refractivity (Wildman–Crippen MR) is 137 cm³/mol. The molecule has 37 heavy (non-hydrogen) atoms. The normalized spacial score (nSPS) is 15.3. The number of rotatable bonds is 10. The summed E-state index contributed by atoms with van der Waals surface area (Å²) in [5.41, 5.74) is -0.895. The Morgan fingerprint density at radius 2 is 1.89 bits per heavy atom. The minimum atomic E-state index is -4.40. The van der Waals surface area contributed by atoms with Gasteiger partial charge in [-0.05, 0) is 43.2 Å². The van der Waals surface area contributed by atoms with E-state index in [9.17, 15) is 28.2 Å². The van der Waals surface area contributed by atoms with Crippen LogP contribution in [0.3, 0.4) is 0 Å². The Labute approximate surface area is 220 Å². The lowest BCUT2D eigenvalue weighted by Crippen LogP contribution is -2.50. The molecule has 3 aromatic rings. The van der Waals surface area contributed by atoms with Crippen molar-refractivity contribution in [2.24, 2.45) is 0 Å². The summed E-state index contributed by atoms with van der Waals surface area (Å²) in [6, 6.07) is 6.44. The van der Waals surface area contributed by atoms with Crippen LogP contribution in [0.4, 0.5) is 13.2 Å². The van der Waals surface area contributed by atoms with Crippen molar-refractivity contribution in [1.29, 1.82) is 0 Å². The van der Waals surface area contributed by atoms with Crippen LogP contribution in [0.15, 0.2) is 56.9 Å². The van der Waals surface area contributed by atoms with Gasteiger partial charge in [0.1, 0.15) is 6.26 Å². The molecule has 0 aliphatic carbocycles. The predicted octanol–water partition coefficient (Wildman–Crippen LogP) is 4.69. The maximum absolute atomic E-state index is 12.9. The molecule has 200 valence electrons. The highest BCUT2D eigenvalue weighted by Crippen LogP contribution is 2.34. The maximum Gasteiger partial charge on any atom is 0.416 e.